The summed E-state index contributed by atoms with van der Waals surface area (Å²) < 4.78 is 52.7. The second-order valence-corrected chi connectivity index (χ2v) is 4.58. The number of alkyl halides is 4. The average molecular weight is 321 g/mol. The van der Waals surface area contributed by atoms with E-state index >= 15 is 0 Å². The summed E-state index contributed by atoms with van der Waals surface area (Å²) in [5.41, 5.74) is -1.99. The quantitative estimate of drug-likeness (QED) is 0.852. The maximum Gasteiger partial charge on any atom is 0.323 e. The monoisotopic (exact) mass is 321 g/mol. The van der Waals surface area contributed by atoms with E-state index in [1.807, 2.05) is 0 Å². The van der Waals surface area contributed by atoms with Crippen molar-refractivity contribution in [2.75, 3.05) is 0 Å². The second kappa shape index (κ2) is 5.78. The van der Waals surface area contributed by atoms with Crippen LogP contribution in [0.2, 0.25) is 0 Å². The number of hydrogen-bond acceptors (Lipinski definition) is 3. The highest BCUT2D eigenvalue weighted by molar-refractivity contribution is 5.84. The molecular formula is C12H11F4N3O3. The highest BCUT2D eigenvalue weighted by Crippen LogP contribution is 2.29. The van der Waals surface area contributed by atoms with E-state index in [9.17, 15) is 27.2 Å². The number of rotatable bonds is 5. The number of aryl methyl sites for hydroxylation is 1. The van der Waals surface area contributed by atoms with Crippen molar-refractivity contribution in [1.82, 2.24) is 14.3 Å². The first-order chi connectivity index (χ1) is 10.2. The van der Waals surface area contributed by atoms with E-state index in [0.29, 0.717) is 15.3 Å². The summed E-state index contributed by atoms with van der Waals surface area (Å²) in [6.07, 6.45) is -5.86. The maximum absolute atomic E-state index is 13.1. The Morgan fingerprint density at radius 2 is 2.00 bits per heavy atom. The van der Waals surface area contributed by atoms with Gasteiger partial charge in [0.2, 0.25) is 0 Å². The summed E-state index contributed by atoms with van der Waals surface area (Å²) in [5, 5.41) is 12.4. The Morgan fingerprint density at radius 1 is 1.36 bits per heavy atom. The molecule has 2 rings (SSSR count). The molecule has 0 atom stereocenters. The van der Waals surface area contributed by atoms with Crippen LogP contribution in [0, 0.1) is 6.92 Å². The van der Waals surface area contributed by atoms with Gasteiger partial charge < -0.3 is 5.11 Å². The van der Waals surface area contributed by atoms with E-state index in [1.54, 1.807) is 0 Å². The number of fused-ring (bicyclic) bond motifs is 1. The fraction of sp³-hybridized carbons (Fsp3) is 0.417. The van der Waals surface area contributed by atoms with Crippen molar-refractivity contribution in [3.05, 3.63) is 27.7 Å². The summed E-state index contributed by atoms with van der Waals surface area (Å²) in [5.74, 6) is -1.41. The van der Waals surface area contributed by atoms with Gasteiger partial charge in [-0.25, -0.2) is 22.2 Å². The first-order valence-electron chi connectivity index (χ1n) is 6.11. The van der Waals surface area contributed by atoms with Crippen molar-refractivity contribution >= 4 is 17.0 Å². The van der Waals surface area contributed by atoms with Gasteiger partial charge in [-0.3, -0.25) is 14.2 Å². The van der Waals surface area contributed by atoms with Gasteiger partial charge >= 0.3 is 5.97 Å². The lowest BCUT2D eigenvalue weighted by Crippen LogP contribution is -2.27. The number of aliphatic carboxylic acids is 1. The Labute approximate surface area is 120 Å². The van der Waals surface area contributed by atoms with Crippen LogP contribution < -0.4 is 5.56 Å². The Hall–Kier alpha value is -2.39. The molecule has 2 heterocycles. The van der Waals surface area contributed by atoms with Gasteiger partial charge in [-0.15, -0.1) is 0 Å². The summed E-state index contributed by atoms with van der Waals surface area (Å²) in [6.45, 7) is -0.449. The van der Waals surface area contributed by atoms with Crippen LogP contribution in [0.5, 0.6) is 0 Å². The molecule has 0 aliphatic heterocycles. The first-order valence-corrected chi connectivity index (χ1v) is 6.11. The van der Waals surface area contributed by atoms with Crippen LogP contribution >= 0.6 is 0 Å². The summed E-state index contributed by atoms with van der Waals surface area (Å²) >= 11 is 0. The van der Waals surface area contributed by atoms with Crippen molar-refractivity contribution in [3.63, 3.8) is 0 Å². The van der Waals surface area contributed by atoms with E-state index in [-0.39, 0.29) is 16.7 Å². The zero-order chi connectivity index (χ0) is 16.6. The van der Waals surface area contributed by atoms with E-state index in [2.05, 4.69) is 5.10 Å². The second-order valence-electron chi connectivity index (χ2n) is 4.58. The van der Waals surface area contributed by atoms with Crippen LogP contribution in [0.15, 0.2) is 10.9 Å². The predicted molar refractivity (Wildman–Crippen MR) is 67.3 cm³/mol. The van der Waals surface area contributed by atoms with Crippen molar-refractivity contribution < 1.29 is 27.5 Å². The number of halogens is 4. The van der Waals surface area contributed by atoms with Gasteiger partial charge in [0, 0.05) is 17.0 Å². The molecule has 120 valence electrons. The largest absolute Gasteiger partial charge is 0.480 e. The SMILES string of the molecule is Cc1nn(CC(F)F)c2c1c(C(F)F)cc(=O)n2CC(=O)O. The van der Waals surface area contributed by atoms with Gasteiger partial charge in [0.25, 0.3) is 18.4 Å². The molecule has 0 radical (unpaired) electrons. The highest BCUT2D eigenvalue weighted by Gasteiger charge is 2.24. The van der Waals surface area contributed by atoms with Gasteiger partial charge in [-0.05, 0) is 6.92 Å². The zero-order valence-electron chi connectivity index (χ0n) is 11.3. The Kier molecular flexibility index (Phi) is 4.20. The normalized spacial score (nSPS) is 11.8. The molecule has 22 heavy (non-hydrogen) atoms. The molecule has 6 nitrogen and oxygen atoms in total. The fourth-order valence-corrected chi connectivity index (χ4v) is 2.29. The number of aromatic nitrogens is 3. The topological polar surface area (TPSA) is 77.1 Å². The average Bonchev–Trinajstić information content (AvgIpc) is 2.68. The third-order valence-electron chi connectivity index (χ3n) is 3.03. The number of pyridine rings is 1. The van der Waals surface area contributed by atoms with Crippen LogP contribution in [0.4, 0.5) is 17.6 Å². The smallest absolute Gasteiger partial charge is 0.323 e. The van der Waals surface area contributed by atoms with Crippen molar-refractivity contribution in [2.24, 2.45) is 0 Å². The zero-order valence-corrected chi connectivity index (χ0v) is 11.3. The highest BCUT2D eigenvalue weighted by atomic mass is 19.3. The van der Waals surface area contributed by atoms with E-state index in [4.69, 9.17) is 5.11 Å². The lowest BCUT2D eigenvalue weighted by Gasteiger charge is -2.11. The van der Waals surface area contributed by atoms with E-state index in [1.165, 1.54) is 6.92 Å². The Bertz CT molecular complexity index is 782. The van der Waals surface area contributed by atoms with Crippen molar-refractivity contribution in [2.45, 2.75) is 32.9 Å². The van der Waals surface area contributed by atoms with Crippen molar-refractivity contribution in [1.29, 1.82) is 0 Å². The van der Waals surface area contributed by atoms with Crippen LogP contribution in [0.1, 0.15) is 17.7 Å². The number of carbonyl (C=O) groups is 1. The molecule has 2 aromatic rings. The lowest BCUT2D eigenvalue weighted by atomic mass is 10.1. The molecule has 0 spiro atoms. The molecule has 0 unspecified atom stereocenters. The number of carboxylic acids is 1. The molecular weight excluding hydrogens is 310 g/mol. The summed E-state index contributed by atoms with van der Waals surface area (Å²) in [4.78, 5) is 22.7. The standard InChI is InChI=1S/C12H11F4N3O3/c1-5-10-6(11(15)16)2-8(20)18(4-9(21)22)12(10)19(17-5)3-7(13)14/h2,7,11H,3-4H2,1H3,(H,21,22). The van der Waals surface area contributed by atoms with Gasteiger partial charge in [0.1, 0.15) is 18.7 Å². The van der Waals surface area contributed by atoms with Crippen LogP contribution in [-0.2, 0) is 17.9 Å². The van der Waals surface area contributed by atoms with Gasteiger partial charge in [0.05, 0.1) is 5.69 Å². The van der Waals surface area contributed by atoms with Crippen LogP contribution in [-0.4, -0.2) is 31.8 Å². The molecule has 0 aromatic carbocycles. The Balaban J connectivity index is 2.88. The molecule has 0 saturated heterocycles. The van der Waals surface area contributed by atoms with Gasteiger partial charge in [-0.2, -0.15) is 5.10 Å². The maximum atomic E-state index is 13.1. The molecule has 10 heteroatoms. The molecule has 0 aliphatic rings. The molecule has 0 amide bonds. The molecule has 1 N–H and O–H groups in total. The van der Waals surface area contributed by atoms with Crippen LogP contribution in [0.3, 0.4) is 0 Å². The molecule has 0 aliphatic carbocycles. The minimum Gasteiger partial charge on any atom is -0.480 e. The summed E-state index contributed by atoms with van der Waals surface area (Å²) in [6, 6.07) is 0.608. The van der Waals surface area contributed by atoms with Gasteiger partial charge in [-0.1, -0.05) is 0 Å². The lowest BCUT2D eigenvalue weighted by molar-refractivity contribution is -0.137. The molecule has 0 fully saturated rings. The molecule has 0 bridgehead atoms. The predicted octanol–water partition coefficient (Wildman–Crippen LogP) is 1.79. The third kappa shape index (κ3) is 2.81. The number of carboxylic acid groups (broad SMARTS) is 1. The summed E-state index contributed by atoms with van der Waals surface area (Å²) in [7, 11) is 0. The van der Waals surface area contributed by atoms with Crippen molar-refractivity contribution in [3.8, 4) is 0 Å². The minimum absolute atomic E-state index is 0.0186. The minimum atomic E-state index is -3.02. The third-order valence-corrected chi connectivity index (χ3v) is 3.03. The van der Waals surface area contributed by atoms with E-state index in [0.717, 1.165) is 0 Å². The molecule has 2 aromatic heterocycles. The first kappa shape index (κ1) is 16.0. The number of hydrogen-bond donors (Lipinski definition) is 1. The van der Waals surface area contributed by atoms with Crippen LogP contribution in [0.25, 0.3) is 11.0 Å². The van der Waals surface area contributed by atoms with Gasteiger partial charge in [0.15, 0.2) is 0 Å². The van der Waals surface area contributed by atoms with E-state index < -0.39 is 43.0 Å². The molecule has 0 saturated carbocycles. The number of nitrogens with zero attached hydrogens (tertiary/aromatic N) is 3. The fourth-order valence-electron chi connectivity index (χ4n) is 2.29. The Morgan fingerprint density at radius 3 is 2.50 bits per heavy atom.